The molecule has 0 saturated carbocycles. The lowest BCUT2D eigenvalue weighted by molar-refractivity contribution is 0.340. The van der Waals surface area contributed by atoms with Crippen molar-refractivity contribution in [2.45, 2.75) is 33.7 Å². The first-order chi connectivity index (χ1) is 11.9. The number of hydrogen-bond acceptors (Lipinski definition) is 5. The Bertz CT molecular complexity index is 888. The summed E-state index contributed by atoms with van der Waals surface area (Å²) in [5, 5.41) is 19.8. The molecule has 6 nitrogen and oxygen atoms in total. The molecular weight excluding hydrogens is 318 g/mol. The summed E-state index contributed by atoms with van der Waals surface area (Å²) < 4.78 is 6.58. The van der Waals surface area contributed by atoms with Gasteiger partial charge in [0.1, 0.15) is 17.4 Å². The average Bonchev–Trinajstić information content (AvgIpc) is 2.56. The van der Waals surface area contributed by atoms with Crippen LogP contribution in [0.2, 0.25) is 0 Å². The number of aromatic hydroxyl groups is 1. The Balaban J connectivity index is 2.50. The van der Waals surface area contributed by atoms with Crippen molar-refractivity contribution in [3.63, 3.8) is 0 Å². The van der Waals surface area contributed by atoms with Gasteiger partial charge in [-0.05, 0) is 57.5 Å². The Hall–Kier alpha value is -3.07. The molecule has 0 bridgehead atoms. The Morgan fingerprint density at radius 2 is 2.00 bits per heavy atom. The van der Waals surface area contributed by atoms with Gasteiger partial charge in [0.2, 0.25) is 5.88 Å². The molecule has 1 aromatic carbocycles. The van der Waals surface area contributed by atoms with Crippen LogP contribution in [0.1, 0.15) is 43.5 Å². The minimum Gasteiger partial charge on any atom is -0.494 e. The van der Waals surface area contributed by atoms with Crippen molar-refractivity contribution in [2.75, 3.05) is 6.61 Å². The fourth-order valence-corrected chi connectivity index (χ4v) is 2.51. The maximum absolute atomic E-state index is 12.3. The molecule has 0 unspecified atom stereocenters. The maximum Gasteiger partial charge on any atom is 0.271 e. The van der Waals surface area contributed by atoms with Crippen molar-refractivity contribution >= 4 is 11.9 Å². The van der Waals surface area contributed by atoms with Crippen LogP contribution in [0.3, 0.4) is 0 Å². The van der Waals surface area contributed by atoms with Gasteiger partial charge in [-0.25, -0.2) is 0 Å². The van der Waals surface area contributed by atoms with Crippen LogP contribution in [-0.4, -0.2) is 22.5 Å². The number of ether oxygens (including phenoxy) is 1. The number of rotatable bonds is 5. The van der Waals surface area contributed by atoms with Gasteiger partial charge in [-0.15, -0.1) is 0 Å². The van der Waals surface area contributed by atoms with Crippen LogP contribution in [0.25, 0.3) is 0 Å². The van der Waals surface area contributed by atoms with Crippen LogP contribution in [0.5, 0.6) is 11.6 Å². The lowest BCUT2D eigenvalue weighted by atomic mass is 10.1. The van der Waals surface area contributed by atoms with Gasteiger partial charge in [0.05, 0.1) is 17.9 Å². The molecule has 0 aliphatic rings. The van der Waals surface area contributed by atoms with Gasteiger partial charge < -0.3 is 9.84 Å². The molecule has 0 aliphatic carbocycles. The van der Waals surface area contributed by atoms with Crippen molar-refractivity contribution in [1.29, 1.82) is 5.26 Å². The zero-order chi connectivity index (χ0) is 18.6. The number of pyridine rings is 1. The summed E-state index contributed by atoms with van der Waals surface area (Å²) in [6, 6.07) is 8.83. The zero-order valence-corrected chi connectivity index (χ0v) is 14.8. The maximum atomic E-state index is 12.3. The van der Waals surface area contributed by atoms with E-state index in [1.807, 2.05) is 13.0 Å². The molecule has 0 aliphatic heterocycles. The molecule has 0 saturated heterocycles. The van der Waals surface area contributed by atoms with Crippen LogP contribution in [0.15, 0.2) is 34.1 Å². The molecule has 0 fully saturated rings. The quantitative estimate of drug-likeness (QED) is 0.845. The van der Waals surface area contributed by atoms with E-state index in [4.69, 9.17) is 4.74 Å². The highest BCUT2D eigenvalue weighted by molar-refractivity contribution is 5.87. The molecule has 0 spiro atoms. The summed E-state index contributed by atoms with van der Waals surface area (Å²) in [7, 11) is 0. The monoisotopic (exact) mass is 339 g/mol. The van der Waals surface area contributed by atoms with E-state index < -0.39 is 5.56 Å². The summed E-state index contributed by atoms with van der Waals surface area (Å²) in [5.74, 6) is 0.562. The third-order valence-corrected chi connectivity index (χ3v) is 3.80. The van der Waals surface area contributed by atoms with Crippen LogP contribution >= 0.6 is 0 Å². The third kappa shape index (κ3) is 3.72. The first-order valence-electron chi connectivity index (χ1n) is 8.05. The number of aliphatic imine (C=N–C) groups is 1. The first-order valence-corrected chi connectivity index (χ1v) is 8.05. The van der Waals surface area contributed by atoms with Gasteiger partial charge in [-0.2, -0.15) is 5.26 Å². The normalized spacial score (nSPS) is 11.0. The van der Waals surface area contributed by atoms with E-state index in [-0.39, 0.29) is 17.5 Å². The lowest BCUT2D eigenvalue weighted by Gasteiger charge is -2.16. The fourth-order valence-electron chi connectivity index (χ4n) is 2.51. The number of hydrogen-bond donors (Lipinski definition) is 1. The molecule has 2 aromatic rings. The van der Waals surface area contributed by atoms with Gasteiger partial charge >= 0.3 is 0 Å². The Morgan fingerprint density at radius 1 is 1.36 bits per heavy atom. The number of benzene rings is 1. The van der Waals surface area contributed by atoms with E-state index >= 15 is 0 Å². The van der Waals surface area contributed by atoms with E-state index in [0.29, 0.717) is 23.4 Å². The molecule has 25 heavy (non-hydrogen) atoms. The second-order valence-corrected chi connectivity index (χ2v) is 5.80. The highest BCUT2D eigenvalue weighted by Crippen LogP contribution is 2.24. The van der Waals surface area contributed by atoms with Crippen molar-refractivity contribution in [2.24, 2.45) is 4.99 Å². The number of nitriles is 1. The second kappa shape index (κ2) is 7.67. The van der Waals surface area contributed by atoms with Crippen molar-refractivity contribution in [3.8, 4) is 17.7 Å². The van der Waals surface area contributed by atoms with E-state index in [0.717, 1.165) is 5.75 Å². The van der Waals surface area contributed by atoms with Crippen LogP contribution < -0.4 is 10.3 Å². The fraction of sp³-hybridized carbons (Fsp3) is 0.316. The SMILES string of the molecule is CCOc1ccc(N=Cc2c(C)c(C#N)c(=O)n(C(C)C)c2O)cc1. The minimum absolute atomic E-state index is 0.0136. The van der Waals surface area contributed by atoms with Crippen molar-refractivity contribution in [3.05, 3.63) is 51.3 Å². The summed E-state index contributed by atoms with van der Waals surface area (Å²) in [6.07, 6.45) is 1.47. The van der Waals surface area contributed by atoms with Gasteiger partial charge in [0.25, 0.3) is 5.56 Å². The van der Waals surface area contributed by atoms with Crippen LogP contribution in [0.4, 0.5) is 5.69 Å². The summed E-state index contributed by atoms with van der Waals surface area (Å²) in [6.45, 7) is 7.66. The molecule has 2 rings (SSSR count). The number of aromatic nitrogens is 1. The topological polar surface area (TPSA) is 87.6 Å². The molecule has 0 atom stereocenters. The predicted molar refractivity (Wildman–Crippen MR) is 97.1 cm³/mol. The standard InChI is InChI=1S/C19H21N3O3/c1-5-25-15-8-6-14(7-9-15)21-11-17-13(4)16(10-20)18(23)22(12(2)3)19(17)24/h6-9,11-12,24H,5H2,1-4H3. The van der Waals surface area contributed by atoms with Gasteiger partial charge in [-0.1, -0.05) is 0 Å². The van der Waals surface area contributed by atoms with E-state index in [2.05, 4.69) is 4.99 Å². The Kier molecular flexibility index (Phi) is 5.60. The second-order valence-electron chi connectivity index (χ2n) is 5.80. The zero-order valence-electron chi connectivity index (χ0n) is 14.8. The Labute approximate surface area is 146 Å². The van der Waals surface area contributed by atoms with Crippen LogP contribution in [0, 0.1) is 18.3 Å². The van der Waals surface area contributed by atoms with E-state index in [9.17, 15) is 15.2 Å². The van der Waals surface area contributed by atoms with Gasteiger partial charge in [0.15, 0.2) is 0 Å². The van der Waals surface area contributed by atoms with Crippen LogP contribution in [-0.2, 0) is 0 Å². The smallest absolute Gasteiger partial charge is 0.271 e. The van der Waals surface area contributed by atoms with Crippen molar-refractivity contribution < 1.29 is 9.84 Å². The average molecular weight is 339 g/mol. The van der Waals surface area contributed by atoms with E-state index in [1.165, 1.54) is 10.8 Å². The minimum atomic E-state index is -0.495. The summed E-state index contributed by atoms with van der Waals surface area (Å²) in [5.41, 5.74) is 0.962. The molecule has 0 radical (unpaired) electrons. The van der Waals surface area contributed by atoms with Crippen molar-refractivity contribution in [1.82, 2.24) is 4.57 Å². The largest absolute Gasteiger partial charge is 0.494 e. The molecular formula is C19H21N3O3. The molecule has 1 aromatic heterocycles. The third-order valence-electron chi connectivity index (χ3n) is 3.80. The number of nitrogens with zero attached hydrogens (tertiary/aromatic N) is 3. The van der Waals surface area contributed by atoms with Gasteiger partial charge in [0, 0.05) is 12.3 Å². The molecule has 0 amide bonds. The molecule has 6 heteroatoms. The van der Waals surface area contributed by atoms with E-state index in [1.54, 1.807) is 45.0 Å². The Morgan fingerprint density at radius 3 is 2.52 bits per heavy atom. The predicted octanol–water partition coefficient (Wildman–Crippen LogP) is 3.46. The molecule has 1 heterocycles. The first kappa shape index (κ1) is 18.3. The summed E-state index contributed by atoms with van der Waals surface area (Å²) in [4.78, 5) is 16.7. The molecule has 1 N–H and O–H groups in total. The highest BCUT2D eigenvalue weighted by Gasteiger charge is 2.19. The highest BCUT2D eigenvalue weighted by atomic mass is 16.5. The molecule has 130 valence electrons. The van der Waals surface area contributed by atoms with Gasteiger partial charge in [-0.3, -0.25) is 14.4 Å². The lowest BCUT2D eigenvalue weighted by Crippen LogP contribution is -2.26. The summed E-state index contributed by atoms with van der Waals surface area (Å²) >= 11 is 0.